The van der Waals surface area contributed by atoms with E-state index in [4.69, 9.17) is 0 Å². The predicted molar refractivity (Wildman–Crippen MR) is 44.7 cm³/mol. The Bertz CT molecular complexity index is 274. The van der Waals surface area contributed by atoms with Crippen LogP contribution in [0.3, 0.4) is 0 Å². The molecule has 12 heavy (non-hydrogen) atoms. The van der Waals surface area contributed by atoms with Gasteiger partial charge in [0.05, 0.1) is 0 Å². The Morgan fingerprint density at radius 3 is 2.25 bits per heavy atom. The van der Waals surface area contributed by atoms with Crippen molar-refractivity contribution in [3.63, 3.8) is 0 Å². The molecule has 0 saturated carbocycles. The van der Waals surface area contributed by atoms with E-state index in [2.05, 4.69) is 0 Å². The number of allylic oxidation sites excluding steroid dienone is 2. The zero-order valence-corrected chi connectivity index (χ0v) is 7.06. The fourth-order valence-electron chi connectivity index (χ4n) is 2.10. The lowest BCUT2D eigenvalue weighted by Gasteiger charge is -1.97. The summed E-state index contributed by atoms with van der Waals surface area (Å²) < 4.78 is 0. The molecule has 64 valence electrons. The van der Waals surface area contributed by atoms with E-state index in [9.17, 15) is 9.59 Å². The summed E-state index contributed by atoms with van der Waals surface area (Å²) in [6, 6.07) is 0. The largest absolute Gasteiger partial charge is 0.291 e. The molecule has 0 saturated heterocycles. The highest BCUT2D eigenvalue weighted by Gasteiger charge is 2.27. The minimum atomic E-state index is -0.181. The summed E-state index contributed by atoms with van der Waals surface area (Å²) in [7, 11) is 0. The molecule has 2 aliphatic rings. The van der Waals surface area contributed by atoms with Crippen LogP contribution in [0.5, 0.6) is 0 Å². The minimum Gasteiger partial charge on any atom is -0.291 e. The fraction of sp³-hybridized carbons (Fsp3) is 0.600. The quantitative estimate of drug-likeness (QED) is 0.511. The van der Waals surface area contributed by atoms with Gasteiger partial charge < -0.3 is 0 Å². The smallest absolute Gasteiger partial charge is 0.224 e. The van der Waals surface area contributed by atoms with Gasteiger partial charge in [0.2, 0.25) is 11.6 Å². The van der Waals surface area contributed by atoms with Gasteiger partial charge in [0.1, 0.15) is 0 Å². The standard InChI is InChI=1S/C10H12O2/c11-9-6-2-4-7-3-1-5-8(7)10(9)12/h1-6H2. The molecule has 0 aromatic heterocycles. The average Bonchev–Trinajstić information content (AvgIpc) is 2.46. The molecule has 2 nitrogen and oxygen atoms in total. The zero-order valence-electron chi connectivity index (χ0n) is 7.06. The van der Waals surface area contributed by atoms with Gasteiger partial charge in [-0.25, -0.2) is 0 Å². The van der Waals surface area contributed by atoms with Gasteiger partial charge in [-0.2, -0.15) is 0 Å². The van der Waals surface area contributed by atoms with Crippen LogP contribution in [0.2, 0.25) is 0 Å². The van der Waals surface area contributed by atoms with Crippen LogP contribution in [-0.2, 0) is 9.59 Å². The van der Waals surface area contributed by atoms with Crippen molar-refractivity contribution < 1.29 is 9.59 Å². The third-order valence-corrected chi connectivity index (χ3v) is 2.74. The maximum atomic E-state index is 11.4. The number of carbonyl (C=O) groups is 2. The Hall–Kier alpha value is -0.920. The molecule has 2 heteroatoms. The predicted octanol–water partition coefficient (Wildman–Crippen LogP) is 1.79. The van der Waals surface area contributed by atoms with Crippen LogP contribution >= 0.6 is 0 Å². The van der Waals surface area contributed by atoms with E-state index in [1.54, 1.807) is 0 Å². The number of rotatable bonds is 0. The van der Waals surface area contributed by atoms with Crippen molar-refractivity contribution in [2.45, 2.75) is 38.5 Å². The van der Waals surface area contributed by atoms with E-state index in [1.165, 1.54) is 5.57 Å². The highest BCUT2D eigenvalue weighted by molar-refractivity contribution is 6.43. The van der Waals surface area contributed by atoms with Crippen molar-refractivity contribution in [3.8, 4) is 0 Å². The SMILES string of the molecule is O=C1CCCC2=C(CCC2)C1=O. The van der Waals surface area contributed by atoms with E-state index < -0.39 is 0 Å². The molecular formula is C10H12O2. The third-order valence-electron chi connectivity index (χ3n) is 2.74. The van der Waals surface area contributed by atoms with Crippen LogP contribution in [0.15, 0.2) is 11.1 Å². The van der Waals surface area contributed by atoms with Crippen molar-refractivity contribution in [1.82, 2.24) is 0 Å². The van der Waals surface area contributed by atoms with Crippen molar-refractivity contribution >= 4 is 11.6 Å². The Kier molecular flexibility index (Phi) is 1.83. The second-order valence-corrected chi connectivity index (χ2v) is 3.54. The van der Waals surface area contributed by atoms with Gasteiger partial charge in [0.25, 0.3) is 0 Å². The third kappa shape index (κ3) is 1.11. The summed E-state index contributed by atoms with van der Waals surface area (Å²) in [5.41, 5.74) is 2.13. The zero-order chi connectivity index (χ0) is 8.55. The van der Waals surface area contributed by atoms with Gasteiger partial charge in [-0.05, 0) is 32.1 Å². The summed E-state index contributed by atoms with van der Waals surface area (Å²) in [4.78, 5) is 22.6. The summed E-state index contributed by atoms with van der Waals surface area (Å²) in [6.07, 6.45) is 5.29. The van der Waals surface area contributed by atoms with Crippen molar-refractivity contribution in [3.05, 3.63) is 11.1 Å². The van der Waals surface area contributed by atoms with E-state index in [1.807, 2.05) is 0 Å². The number of ketones is 2. The van der Waals surface area contributed by atoms with Gasteiger partial charge >= 0.3 is 0 Å². The summed E-state index contributed by atoms with van der Waals surface area (Å²) in [6.45, 7) is 0. The molecule has 0 unspecified atom stereocenters. The molecule has 0 aromatic rings. The topological polar surface area (TPSA) is 34.1 Å². The first-order valence-electron chi connectivity index (χ1n) is 4.57. The fourth-order valence-corrected chi connectivity index (χ4v) is 2.10. The molecule has 0 amide bonds. The first-order valence-corrected chi connectivity index (χ1v) is 4.57. The van der Waals surface area contributed by atoms with Gasteiger partial charge in [0, 0.05) is 12.0 Å². The maximum Gasteiger partial charge on any atom is 0.224 e. The highest BCUT2D eigenvalue weighted by Crippen LogP contribution is 2.32. The molecule has 2 aliphatic carbocycles. The molecule has 0 radical (unpaired) electrons. The Labute approximate surface area is 71.6 Å². The average molecular weight is 164 g/mol. The van der Waals surface area contributed by atoms with E-state index >= 15 is 0 Å². The Morgan fingerprint density at radius 1 is 0.833 bits per heavy atom. The van der Waals surface area contributed by atoms with Crippen LogP contribution < -0.4 is 0 Å². The second kappa shape index (κ2) is 2.85. The highest BCUT2D eigenvalue weighted by atomic mass is 16.2. The van der Waals surface area contributed by atoms with Crippen molar-refractivity contribution in [1.29, 1.82) is 0 Å². The van der Waals surface area contributed by atoms with Crippen LogP contribution in [0.1, 0.15) is 38.5 Å². The summed E-state index contributed by atoms with van der Waals surface area (Å²) in [5, 5.41) is 0. The van der Waals surface area contributed by atoms with Gasteiger partial charge in [-0.15, -0.1) is 0 Å². The Morgan fingerprint density at radius 2 is 1.50 bits per heavy atom. The molecule has 0 heterocycles. The monoisotopic (exact) mass is 164 g/mol. The molecular weight excluding hydrogens is 152 g/mol. The van der Waals surface area contributed by atoms with Crippen molar-refractivity contribution in [2.24, 2.45) is 0 Å². The number of Topliss-reactive ketones (excluding diaryl/α,β-unsaturated/α-hetero) is 2. The lowest BCUT2D eigenvalue weighted by Crippen LogP contribution is -2.13. The van der Waals surface area contributed by atoms with Gasteiger partial charge in [-0.3, -0.25) is 9.59 Å². The molecule has 0 bridgehead atoms. The lowest BCUT2D eigenvalue weighted by molar-refractivity contribution is -0.134. The molecule has 0 N–H and O–H groups in total. The molecule has 0 atom stereocenters. The van der Waals surface area contributed by atoms with Crippen LogP contribution in [0.4, 0.5) is 0 Å². The van der Waals surface area contributed by atoms with Gasteiger partial charge in [-0.1, -0.05) is 5.57 Å². The molecule has 0 aliphatic heterocycles. The maximum absolute atomic E-state index is 11.4. The summed E-state index contributed by atoms with van der Waals surface area (Å²) in [5.74, 6) is -0.345. The summed E-state index contributed by atoms with van der Waals surface area (Å²) >= 11 is 0. The van der Waals surface area contributed by atoms with Crippen LogP contribution in [0, 0.1) is 0 Å². The lowest BCUT2D eigenvalue weighted by atomic mass is 10.1. The van der Waals surface area contributed by atoms with E-state index in [0.717, 1.165) is 37.7 Å². The molecule has 0 spiro atoms. The first-order chi connectivity index (χ1) is 5.79. The van der Waals surface area contributed by atoms with Crippen molar-refractivity contribution in [2.75, 3.05) is 0 Å². The molecule has 0 aromatic carbocycles. The second-order valence-electron chi connectivity index (χ2n) is 3.54. The van der Waals surface area contributed by atoms with Crippen LogP contribution in [0.25, 0.3) is 0 Å². The first kappa shape index (κ1) is 7.71. The Balaban J connectivity index is 2.33. The normalized spacial score (nSPS) is 24.3. The number of hydrogen-bond donors (Lipinski definition) is 0. The van der Waals surface area contributed by atoms with Gasteiger partial charge in [0.15, 0.2) is 0 Å². The number of hydrogen-bond acceptors (Lipinski definition) is 2. The molecule has 0 fully saturated rings. The minimum absolute atomic E-state index is 0.165. The number of carbonyl (C=O) groups excluding carboxylic acids is 2. The van der Waals surface area contributed by atoms with E-state index in [-0.39, 0.29) is 11.6 Å². The van der Waals surface area contributed by atoms with Crippen LogP contribution in [-0.4, -0.2) is 11.6 Å². The molecule has 2 rings (SSSR count). The van der Waals surface area contributed by atoms with E-state index in [0.29, 0.717) is 6.42 Å².